The molecule has 0 aromatic heterocycles. The van der Waals surface area contributed by atoms with Gasteiger partial charge in [0.15, 0.2) is 12.1 Å². The summed E-state index contributed by atoms with van der Waals surface area (Å²) < 4.78 is 0. The zero-order valence-corrected chi connectivity index (χ0v) is 5.31. The quantitative estimate of drug-likeness (QED) is 0.231. The first kappa shape index (κ1) is 10.8. The topological polar surface area (TPSA) is 34.1 Å². The molecule has 0 aliphatic heterocycles. The van der Waals surface area contributed by atoms with Crippen molar-refractivity contribution in [2.75, 3.05) is 0 Å². The number of carbonyl (C=O) groups excluding carboxylic acids is 2. The Bertz CT molecular complexity index is 85.0. The third-order valence-corrected chi connectivity index (χ3v) is 0.628. The monoisotopic (exact) mass is 108 g/mol. The average molecular weight is 108 g/mol. The van der Waals surface area contributed by atoms with Crippen LogP contribution in [-0.4, -0.2) is 12.1 Å². The van der Waals surface area contributed by atoms with Crippen molar-refractivity contribution >= 4 is 12.1 Å². The van der Waals surface area contributed by atoms with E-state index in [2.05, 4.69) is 0 Å². The van der Waals surface area contributed by atoms with E-state index in [4.69, 9.17) is 0 Å². The fraction of sp³-hybridized carbons (Fsp3) is 0.600. The molecule has 0 saturated carbocycles. The van der Waals surface area contributed by atoms with Crippen LogP contribution in [0, 0.1) is 0 Å². The number of Topliss-reactive ketones (excluding diaryl/α,β-unsaturated/α-hetero) is 1. The van der Waals surface area contributed by atoms with Crippen molar-refractivity contribution in [3.63, 3.8) is 0 Å². The van der Waals surface area contributed by atoms with Gasteiger partial charge in [-0.1, -0.05) is 6.92 Å². The molecule has 0 aliphatic rings. The largest absolute Gasteiger partial charge is 1.00 e. The Kier molecular flexibility index (Phi) is 9.40. The number of hydrogen-bond donors (Lipinski definition) is 0. The fourth-order valence-electron chi connectivity index (χ4n) is 0.305. The van der Waals surface area contributed by atoms with Gasteiger partial charge in [-0.15, -0.1) is 0 Å². The predicted molar refractivity (Wildman–Crippen MR) is 27.1 cm³/mol. The van der Waals surface area contributed by atoms with Gasteiger partial charge in [0.1, 0.15) is 0 Å². The van der Waals surface area contributed by atoms with Crippen molar-refractivity contribution in [3.05, 3.63) is 0 Å². The van der Waals surface area contributed by atoms with Gasteiger partial charge < -0.3 is 1.43 Å². The van der Waals surface area contributed by atoms with Crippen LogP contribution in [-0.2, 0) is 9.59 Å². The molecule has 0 heterocycles. The molecule has 0 saturated heterocycles. The first-order valence-electron chi connectivity index (χ1n) is 2.29. The first-order chi connectivity index (χ1) is 3.31. The van der Waals surface area contributed by atoms with Crippen LogP contribution in [0.25, 0.3) is 0 Å². The predicted octanol–water partition coefficient (Wildman–Crippen LogP) is -2.33. The Labute approximate surface area is 62.3 Å². The van der Waals surface area contributed by atoms with E-state index in [0.717, 1.165) is 6.42 Å². The molecule has 42 valence electrons. The van der Waals surface area contributed by atoms with Gasteiger partial charge in [-0.05, 0) is 6.42 Å². The molecule has 0 fully saturated rings. The Balaban J connectivity index is -0.000000180. The van der Waals surface area contributed by atoms with Gasteiger partial charge >= 0.3 is 18.9 Å². The molecule has 0 atom stereocenters. The standard InChI is InChI=1S/C5H8O2.Li.H/c1-2-3-5(7)4-6;;/h4H,2-3H2,1H3;;/q;+1;-1. The minimum Gasteiger partial charge on any atom is -1.00 e. The molecule has 3 heteroatoms. The van der Waals surface area contributed by atoms with Crippen LogP contribution >= 0.6 is 0 Å². The number of hydrogen-bond acceptors (Lipinski definition) is 2. The van der Waals surface area contributed by atoms with Gasteiger partial charge in [0, 0.05) is 6.42 Å². The molecule has 2 nitrogen and oxygen atoms in total. The van der Waals surface area contributed by atoms with Crippen molar-refractivity contribution in [1.29, 1.82) is 0 Å². The Morgan fingerprint density at radius 2 is 2.25 bits per heavy atom. The molecule has 0 radical (unpaired) electrons. The maximum absolute atomic E-state index is 10.0. The maximum Gasteiger partial charge on any atom is 1.00 e. The van der Waals surface area contributed by atoms with Gasteiger partial charge in [-0.2, -0.15) is 0 Å². The zero-order valence-electron chi connectivity index (χ0n) is 6.31. The van der Waals surface area contributed by atoms with Crippen LogP contribution in [0.2, 0.25) is 0 Å². The summed E-state index contributed by atoms with van der Waals surface area (Å²) >= 11 is 0. The van der Waals surface area contributed by atoms with Crippen molar-refractivity contribution in [2.45, 2.75) is 19.8 Å². The third kappa shape index (κ3) is 5.94. The average Bonchev–Trinajstić information content (AvgIpc) is 1.68. The van der Waals surface area contributed by atoms with Crippen molar-refractivity contribution < 1.29 is 29.9 Å². The number of aldehydes is 1. The number of ketones is 1. The molecule has 0 spiro atoms. The van der Waals surface area contributed by atoms with E-state index in [-0.39, 0.29) is 26.1 Å². The van der Waals surface area contributed by atoms with E-state index in [1.807, 2.05) is 6.92 Å². The molecular weight excluding hydrogens is 99.0 g/mol. The minimum atomic E-state index is -0.303. The van der Waals surface area contributed by atoms with Gasteiger partial charge in [0.05, 0.1) is 0 Å². The molecule has 0 rings (SSSR count). The van der Waals surface area contributed by atoms with Crippen LogP contribution in [0.15, 0.2) is 0 Å². The second-order valence-electron chi connectivity index (χ2n) is 1.33. The van der Waals surface area contributed by atoms with Crippen molar-refractivity contribution in [2.24, 2.45) is 0 Å². The Hall–Kier alpha value is -0.0626. The molecule has 0 unspecified atom stereocenters. The number of carbonyl (C=O) groups is 2. The summed E-state index contributed by atoms with van der Waals surface area (Å²) in [4.78, 5) is 19.6. The van der Waals surface area contributed by atoms with Gasteiger partial charge in [-0.25, -0.2) is 0 Å². The summed E-state index contributed by atoms with van der Waals surface area (Å²) in [5.41, 5.74) is 0. The van der Waals surface area contributed by atoms with Crippen LogP contribution in [0.3, 0.4) is 0 Å². The molecule has 0 aromatic carbocycles. The van der Waals surface area contributed by atoms with E-state index in [1.165, 1.54) is 0 Å². The summed E-state index contributed by atoms with van der Waals surface area (Å²) in [5.74, 6) is -0.303. The molecule has 8 heavy (non-hydrogen) atoms. The van der Waals surface area contributed by atoms with Gasteiger partial charge in [0.25, 0.3) is 0 Å². The second-order valence-corrected chi connectivity index (χ2v) is 1.33. The molecule has 0 aromatic rings. The summed E-state index contributed by atoms with van der Waals surface area (Å²) in [6, 6.07) is 0. The number of rotatable bonds is 3. The summed E-state index contributed by atoms with van der Waals surface area (Å²) in [7, 11) is 0. The molecule has 0 amide bonds. The van der Waals surface area contributed by atoms with Crippen LogP contribution in [0.1, 0.15) is 21.2 Å². The van der Waals surface area contributed by atoms with Crippen LogP contribution < -0.4 is 18.9 Å². The van der Waals surface area contributed by atoms with E-state index >= 15 is 0 Å². The van der Waals surface area contributed by atoms with Gasteiger partial charge in [-0.3, -0.25) is 9.59 Å². The van der Waals surface area contributed by atoms with E-state index < -0.39 is 0 Å². The third-order valence-electron chi connectivity index (χ3n) is 0.628. The normalized spacial score (nSPS) is 7.12. The first-order valence-corrected chi connectivity index (χ1v) is 2.29. The zero-order chi connectivity index (χ0) is 5.70. The minimum absolute atomic E-state index is 0. The Morgan fingerprint density at radius 3 is 2.38 bits per heavy atom. The van der Waals surface area contributed by atoms with Crippen LogP contribution in [0.4, 0.5) is 0 Å². The van der Waals surface area contributed by atoms with E-state index in [0.29, 0.717) is 12.7 Å². The molecule has 0 aliphatic carbocycles. The van der Waals surface area contributed by atoms with Crippen molar-refractivity contribution in [1.82, 2.24) is 0 Å². The smallest absolute Gasteiger partial charge is 1.00 e. The van der Waals surface area contributed by atoms with Crippen LogP contribution in [0.5, 0.6) is 0 Å². The van der Waals surface area contributed by atoms with E-state index in [1.54, 1.807) is 0 Å². The molecule has 0 N–H and O–H groups in total. The van der Waals surface area contributed by atoms with Gasteiger partial charge in [0.2, 0.25) is 0 Å². The fourth-order valence-corrected chi connectivity index (χ4v) is 0.305. The molecule has 0 bridgehead atoms. The second kappa shape index (κ2) is 6.94. The van der Waals surface area contributed by atoms with Crippen molar-refractivity contribution in [3.8, 4) is 0 Å². The SMILES string of the molecule is CCCC(=O)C=O.[H-].[Li+]. The summed E-state index contributed by atoms with van der Waals surface area (Å²) in [6.07, 6.45) is 1.52. The summed E-state index contributed by atoms with van der Waals surface area (Å²) in [6.45, 7) is 1.86. The Morgan fingerprint density at radius 1 is 1.75 bits per heavy atom. The molecular formula is C5H9LiO2. The maximum atomic E-state index is 10.0. The van der Waals surface area contributed by atoms with E-state index in [9.17, 15) is 9.59 Å². The summed E-state index contributed by atoms with van der Waals surface area (Å²) in [5, 5.41) is 0.